The van der Waals surface area contributed by atoms with Gasteiger partial charge in [-0.25, -0.2) is 0 Å². The summed E-state index contributed by atoms with van der Waals surface area (Å²) in [5.74, 6) is -0.422. The van der Waals surface area contributed by atoms with E-state index in [4.69, 9.17) is 11.6 Å². The molecule has 1 atom stereocenters. The molecule has 27 heavy (non-hydrogen) atoms. The van der Waals surface area contributed by atoms with Crippen LogP contribution in [0.4, 0.5) is 0 Å². The fourth-order valence-corrected chi connectivity index (χ4v) is 3.76. The molecule has 0 bridgehead atoms. The van der Waals surface area contributed by atoms with Gasteiger partial charge in [0.25, 0.3) is 0 Å². The first-order valence-corrected chi connectivity index (χ1v) is 9.94. The second kappa shape index (κ2) is 8.41. The molecule has 1 fully saturated rings. The van der Waals surface area contributed by atoms with Crippen LogP contribution in [0, 0.1) is 0 Å². The molecule has 0 aliphatic carbocycles. The van der Waals surface area contributed by atoms with E-state index in [0.717, 1.165) is 37.2 Å². The van der Waals surface area contributed by atoms with E-state index in [1.807, 2.05) is 42.5 Å². The number of hydrogen-bond acceptors (Lipinski definition) is 3. The van der Waals surface area contributed by atoms with Gasteiger partial charge in [-0.15, -0.1) is 0 Å². The minimum absolute atomic E-state index is 0.00484. The third-order valence-electron chi connectivity index (χ3n) is 5.24. The maximum atomic E-state index is 13.2. The van der Waals surface area contributed by atoms with Crippen molar-refractivity contribution >= 4 is 17.5 Å². The lowest BCUT2D eigenvalue weighted by molar-refractivity contribution is -0.122. The average Bonchev–Trinajstić information content (AvgIpc) is 2.64. The summed E-state index contributed by atoms with van der Waals surface area (Å²) < 4.78 is 0. The normalized spacial score (nSPS) is 17.5. The van der Waals surface area contributed by atoms with Crippen LogP contribution < -0.4 is 5.32 Å². The number of hydrogen-bond donors (Lipinski definition) is 1. The van der Waals surface area contributed by atoms with Crippen LogP contribution in [-0.2, 0) is 4.79 Å². The summed E-state index contributed by atoms with van der Waals surface area (Å²) in [4.78, 5) is 20.1. The highest BCUT2D eigenvalue weighted by Crippen LogP contribution is 2.26. The van der Waals surface area contributed by atoms with Crippen LogP contribution in [0.2, 0.25) is 5.02 Å². The monoisotopic (exact) mass is 385 g/mol. The Morgan fingerprint density at radius 3 is 2.37 bits per heavy atom. The molecule has 3 rings (SSSR count). The maximum Gasteiger partial charge on any atom is 0.233 e. The number of likely N-dealkylation sites (tertiary alicyclic amines) is 1. The number of benzene rings is 1. The van der Waals surface area contributed by atoms with Crippen molar-refractivity contribution in [1.82, 2.24) is 15.2 Å². The number of rotatable bonds is 4. The zero-order chi connectivity index (χ0) is 19.4. The van der Waals surface area contributed by atoms with E-state index in [1.54, 1.807) is 6.20 Å². The molecule has 1 aliphatic rings. The lowest BCUT2D eigenvalue weighted by Gasteiger charge is -2.41. The number of pyridine rings is 1. The molecule has 1 saturated heterocycles. The minimum Gasteiger partial charge on any atom is -0.352 e. The molecule has 0 radical (unpaired) electrons. The summed E-state index contributed by atoms with van der Waals surface area (Å²) in [7, 11) is 0. The molecule has 4 nitrogen and oxygen atoms in total. The molecule has 1 N–H and O–H groups in total. The number of carbonyl (C=O) groups is 1. The topological polar surface area (TPSA) is 45.2 Å². The number of nitrogens with one attached hydrogen (secondary N) is 1. The quantitative estimate of drug-likeness (QED) is 0.855. The van der Waals surface area contributed by atoms with Crippen molar-refractivity contribution in [3.63, 3.8) is 0 Å². The molecule has 1 aliphatic heterocycles. The zero-order valence-electron chi connectivity index (χ0n) is 16.3. The smallest absolute Gasteiger partial charge is 0.233 e. The zero-order valence-corrected chi connectivity index (χ0v) is 17.0. The summed E-state index contributed by atoms with van der Waals surface area (Å²) in [6, 6.07) is 13.3. The van der Waals surface area contributed by atoms with Gasteiger partial charge in [0, 0.05) is 35.9 Å². The molecular formula is C22H28ClN3O. The Morgan fingerprint density at radius 2 is 1.81 bits per heavy atom. The van der Waals surface area contributed by atoms with Crippen molar-refractivity contribution in [1.29, 1.82) is 0 Å². The number of halogens is 1. The van der Waals surface area contributed by atoms with Gasteiger partial charge in [-0.2, -0.15) is 0 Å². The highest BCUT2D eigenvalue weighted by Gasteiger charge is 2.30. The van der Waals surface area contributed by atoms with Gasteiger partial charge < -0.3 is 5.32 Å². The van der Waals surface area contributed by atoms with E-state index in [0.29, 0.717) is 5.02 Å². The summed E-state index contributed by atoms with van der Waals surface area (Å²) in [6.07, 6.45) is 3.67. The SMILES string of the molecule is CC(C)(C)N1CCC(NC(=O)C(c2ccc(Cl)cc2)c2ccccn2)CC1. The molecule has 1 unspecified atom stereocenters. The molecule has 2 aromatic rings. The van der Waals surface area contributed by atoms with E-state index >= 15 is 0 Å². The Kier molecular flexibility index (Phi) is 6.18. The Morgan fingerprint density at radius 1 is 1.15 bits per heavy atom. The van der Waals surface area contributed by atoms with E-state index in [9.17, 15) is 4.79 Å². The fourth-order valence-electron chi connectivity index (χ4n) is 3.64. The number of carbonyl (C=O) groups excluding carboxylic acids is 1. The standard InChI is InChI=1S/C22H28ClN3O/c1-22(2,3)26-14-11-18(12-15-26)25-21(27)20(19-6-4-5-13-24-19)16-7-9-17(23)10-8-16/h4-10,13,18,20H,11-12,14-15H2,1-3H3,(H,25,27). The second-order valence-corrected chi connectivity index (χ2v) is 8.62. The van der Waals surface area contributed by atoms with E-state index in [-0.39, 0.29) is 17.5 Å². The fraction of sp³-hybridized carbons (Fsp3) is 0.455. The number of nitrogens with zero attached hydrogens (tertiary/aromatic N) is 2. The molecular weight excluding hydrogens is 358 g/mol. The van der Waals surface area contributed by atoms with Crippen molar-refractivity contribution in [3.8, 4) is 0 Å². The van der Waals surface area contributed by atoms with Gasteiger partial charge in [-0.05, 0) is 63.4 Å². The summed E-state index contributed by atoms with van der Waals surface area (Å²) >= 11 is 6.03. The molecule has 1 amide bonds. The molecule has 0 saturated carbocycles. The van der Waals surface area contributed by atoms with Crippen molar-refractivity contribution in [2.45, 2.75) is 51.1 Å². The second-order valence-electron chi connectivity index (χ2n) is 8.18. The predicted molar refractivity (Wildman–Crippen MR) is 110 cm³/mol. The summed E-state index contributed by atoms with van der Waals surface area (Å²) in [6.45, 7) is 8.73. The number of amides is 1. The van der Waals surface area contributed by atoms with Crippen LogP contribution in [0.5, 0.6) is 0 Å². The Hall–Kier alpha value is -1.91. The Balaban J connectivity index is 1.74. The van der Waals surface area contributed by atoms with Crippen LogP contribution in [0.1, 0.15) is 50.8 Å². The highest BCUT2D eigenvalue weighted by atomic mass is 35.5. The average molecular weight is 386 g/mol. The largest absolute Gasteiger partial charge is 0.352 e. The van der Waals surface area contributed by atoms with Gasteiger partial charge in [0.1, 0.15) is 5.92 Å². The maximum absolute atomic E-state index is 13.2. The van der Waals surface area contributed by atoms with Crippen LogP contribution in [0.25, 0.3) is 0 Å². The van der Waals surface area contributed by atoms with Gasteiger partial charge in [0.15, 0.2) is 0 Å². The van der Waals surface area contributed by atoms with Gasteiger partial charge in [-0.1, -0.05) is 29.8 Å². The highest BCUT2D eigenvalue weighted by molar-refractivity contribution is 6.30. The van der Waals surface area contributed by atoms with Gasteiger partial charge in [0.2, 0.25) is 5.91 Å². The Bertz CT molecular complexity index is 747. The first-order valence-electron chi connectivity index (χ1n) is 9.56. The van der Waals surface area contributed by atoms with E-state index < -0.39 is 5.92 Å². The van der Waals surface area contributed by atoms with Gasteiger partial charge in [-0.3, -0.25) is 14.7 Å². The predicted octanol–water partition coefficient (Wildman–Crippen LogP) is 4.25. The van der Waals surface area contributed by atoms with Crippen molar-refractivity contribution in [2.75, 3.05) is 13.1 Å². The van der Waals surface area contributed by atoms with Crippen molar-refractivity contribution < 1.29 is 4.79 Å². The third kappa shape index (κ3) is 5.08. The van der Waals surface area contributed by atoms with Crippen LogP contribution in [-0.4, -0.2) is 40.5 Å². The number of aromatic nitrogens is 1. The minimum atomic E-state index is -0.427. The molecule has 0 spiro atoms. The molecule has 2 heterocycles. The molecule has 5 heteroatoms. The molecule has 1 aromatic heterocycles. The van der Waals surface area contributed by atoms with Gasteiger partial charge in [0.05, 0.1) is 5.69 Å². The van der Waals surface area contributed by atoms with Crippen LogP contribution in [0.3, 0.4) is 0 Å². The summed E-state index contributed by atoms with van der Waals surface area (Å²) in [5, 5.41) is 3.92. The van der Waals surface area contributed by atoms with E-state index in [1.165, 1.54) is 0 Å². The van der Waals surface area contributed by atoms with Crippen molar-refractivity contribution in [3.05, 3.63) is 64.9 Å². The molecule has 1 aromatic carbocycles. The van der Waals surface area contributed by atoms with Crippen LogP contribution >= 0.6 is 11.6 Å². The third-order valence-corrected chi connectivity index (χ3v) is 5.49. The first-order chi connectivity index (χ1) is 12.8. The lowest BCUT2D eigenvalue weighted by atomic mass is 9.92. The first kappa shape index (κ1) is 19.8. The van der Waals surface area contributed by atoms with Crippen molar-refractivity contribution in [2.24, 2.45) is 0 Å². The van der Waals surface area contributed by atoms with Crippen LogP contribution in [0.15, 0.2) is 48.7 Å². The summed E-state index contributed by atoms with van der Waals surface area (Å²) in [5.41, 5.74) is 1.83. The number of piperidine rings is 1. The van der Waals surface area contributed by atoms with E-state index in [2.05, 4.69) is 36.0 Å². The Labute approximate surface area is 166 Å². The lowest BCUT2D eigenvalue weighted by Crippen LogP contribution is -2.51. The van der Waals surface area contributed by atoms with Gasteiger partial charge >= 0.3 is 0 Å². The molecule has 144 valence electrons.